The van der Waals surface area contributed by atoms with Gasteiger partial charge in [-0.1, -0.05) is 35.3 Å². The Balaban J connectivity index is 1.94. The minimum Gasteiger partial charge on any atom is -0.497 e. The van der Waals surface area contributed by atoms with Crippen LogP contribution >= 0.6 is 23.2 Å². The molecule has 1 N–H and O–H groups in total. The van der Waals surface area contributed by atoms with Gasteiger partial charge in [-0.05, 0) is 67.1 Å². The van der Waals surface area contributed by atoms with Crippen LogP contribution in [0.1, 0.15) is 5.56 Å². The number of amides is 1. The molecule has 6 nitrogen and oxygen atoms in total. The molecule has 0 aliphatic heterocycles. The summed E-state index contributed by atoms with van der Waals surface area (Å²) in [7, 11) is -2.58. The number of carbonyl (C=O) groups excluding carboxylic acids is 1. The molecule has 0 fully saturated rings. The molecule has 0 radical (unpaired) electrons. The first kappa shape index (κ1) is 22.9. The quantitative estimate of drug-likeness (QED) is 0.509. The lowest BCUT2D eigenvalue weighted by Crippen LogP contribution is -2.38. The number of sulfonamides is 1. The number of benzene rings is 3. The van der Waals surface area contributed by atoms with Gasteiger partial charge in [-0.25, -0.2) is 8.42 Å². The Hall–Kier alpha value is -2.74. The Morgan fingerprint density at radius 2 is 1.74 bits per heavy atom. The second-order valence-corrected chi connectivity index (χ2v) is 9.39. The van der Waals surface area contributed by atoms with Crippen molar-refractivity contribution in [3.05, 3.63) is 82.3 Å². The molecule has 3 aromatic rings. The van der Waals surface area contributed by atoms with E-state index in [0.717, 1.165) is 9.87 Å². The Bertz CT molecular complexity index is 1200. The Kier molecular flexibility index (Phi) is 7.10. The van der Waals surface area contributed by atoms with Crippen LogP contribution in [-0.2, 0) is 14.8 Å². The SMILES string of the molecule is COc1ccc(S(=O)(=O)N(CC(=O)Nc2ccc(C)c(Cl)c2)c2cccc(Cl)c2)cc1. The maximum atomic E-state index is 13.4. The van der Waals surface area contributed by atoms with Crippen LogP contribution in [0.25, 0.3) is 0 Å². The number of rotatable bonds is 7. The van der Waals surface area contributed by atoms with Crippen molar-refractivity contribution in [2.75, 3.05) is 23.3 Å². The maximum absolute atomic E-state index is 13.4. The molecule has 0 saturated heterocycles. The van der Waals surface area contributed by atoms with E-state index in [0.29, 0.717) is 21.5 Å². The van der Waals surface area contributed by atoms with Gasteiger partial charge in [-0.2, -0.15) is 0 Å². The highest BCUT2D eigenvalue weighted by Gasteiger charge is 2.27. The predicted octanol–water partition coefficient (Wildman–Crippen LogP) is 5.14. The molecular formula is C22H20Cl2N2O4S. The standard InChI is InChI=1S/C22H20Cl2N2O4S/c1-15-6-7-17(13-21(15)24)25-22(27)14-26(18-5-3-4-16(23)12-18)31(28,29)20-10-8-19(30-2)9-11-20/h3-13H,14H2,1-2H3,(H,25,27). The number of aryl methyl sites for hydroxylation is 1. The van der Waals surface area contributed by atoms with E-state index in [1.54, 1.807) is 36.4 Å². The number of halogens is 2. The van der Waals surface area contributed by atoms with Gasteiger partial charge in [0.2, 0.25) is 5.91 Å². The van der Waals surface area contributed by atoms with Crippen LogP contribution in [-0.4, -0.2) is 28.0 Å². The van der Waals surface area contributed by atoms with E-state index in [9.17, 15) is 13.2 Å². The minimum absolute atomic E-state index is 0.0134. The first-order valence-electron chi connectivity index (χ1n) is 9.19. The van der Waals surface area contributed by atoms with E-state index >= 15 is 0 Å². The van der Waals surface area contributed by atoms with Crippen LogP contribution in [0.2, 0.25) is 10.0 Å². The third-order valence-electron chi connectivity index (χ3n) is 4.49. The highest BCUT2D eigenvalue weighted by Crippen LogP contribution is 2.27. The fourth-order valence-electron chi connectivity index (χ4n) is 2.82. The van der Waals surface area contributed by atoms with E-state index in [4.69, 9.17) is 27.9 Å². The minimum atomic E-state index is -4.07. The Morgan fingerprint density at radius 3 is 2.35 bits per heavy atom. The topological polar surface area (TPSA) is 75.7 Å². The third kappa shape index (κ3) is 5.50. The summed E-state index contributed by atoms with van der Waals surface area (Å²) in [6, 6.07) is 17.3. The van der Waals surface area contributed by atoms with Gasteiger partial charge in [0.1, 0.15) is 12.3 Å². The van der Waals surface area contributed by atoms with Crippen molar-refractivity contribution in [1.29, 1.82) is 0 Å². The van der Waals surface area contributed by atoms with Crippen LogP contribution in [0.15, 0.2) is 71.6 Å². The number of hydrogen-bond acceptors (Lipinski definition) is 4. The van der Waals surface area contributed by atoms with Crippen molar-refractivity contribution in [3.63, 3.8) is 0 Å². The van der Waals surface area contributed by atoms with Crippen LogP contribution in [0.5, 0.6) is 5.75 Å². The first-order chi connectivity index (χ1) is 14.7. The van der Waals surface area contributed by atoms with Crippen molar-refractivity contribution in [2.24, 2.45) is 0 Å². The van der Waals surface area contributed by atoms with E-state index in [-0.39, 0.29) is 10.6 Å². The van der Waals surface area contributed by atoms with Crippen molar-refractivity contribution >= 4 is 50.5 Å². The maximum Gasteiger partial charge on any atom is 0.264 e. The smallest absolute Gasteiger partial charge is 0.264 e. The number of hydrogen-bond donors (Lipinski definition) is 1. The van der Waals surface area contributed by atoms with Gasteiger partial charge in [0, 0.05) is 15.7 Å². The molecule has 0 saturated carbocycles. The molecule has 9 heteroatoms. The number of nitrogens with zero attached hydrogens (tertiary/aromatic N) is 1. The van der Waals surface area contributed by atoms with E-state index in [2.05, 4.69) is 5.32 Å². The number of methoxy groups -OCH3 is 1. The lowest BCUT2D eigenvalue weighted by atomic mass is 10.2. The van der Waals surface area contributed by atoms with Crippen LogP contribution in [0.4, 0.5) is 11.4 Å². The summed E-state index contributed by atoms with van der Waals surface area (Å²) in [4.78, 5) is 12.8. The summed E-state index contributed by atoms with van der Waals surface area (Å²) in [5, 5.41) is 3.53. The molecule has 0 aromatic heterocycles. The van der Waals surface area contributed by atoms with Crippen LogP contribution in [0, 0.1) is 6.92 Å². The molecule has 0 atom stereocenters. The lowest BCUT2D eigenvalue weighted by Gasteiger charge is -2.24. The number of nitrogens with one attached hydrogen (secondary N) is 1. The molecular weight excluding hydrogens is 459 g/mol. The second-order valence-electron chi connectivity index (χ2n) is 6.68. The van der Waals surface area contributed by atoms with Gasteiger partial charge in [0.15, 0.2) is 0 Å². The van der Waals surface area contributed by atoms with Crippen LogP contribution < -0.4 is 14.4 Å². The van der Waals surface area contributed by atoms with Crippen LogP contribution in [0.3, 0.4) is 0 Å². The molecule has 0 aliphatic rings. The first-order valence-corrected chi connectivity index (χ1v) is 11.4. The molecule has 162 valence electrons. The van der Waals surface area contributed by atoms with Gasteiger partial charge >= 0.3 is 0 Å². The molecule has 0 bridgehead atoms. The molecule has 0 aliphatic carbocycles. The highest BCUT2D eigenvalue weighted by molar-refractivity contribution is 7.92. The average Bonchev–Trinajstić information content (AvgIpc) is 2.74. The molecule has 0 spiro atoms. The van der Waals surface area contributed by atoms with Gasteiger partial charge < -0.3 is 10.1 Å². The second kappa shape index (κ2) is 9.60. The Labute approximate surface area is 191 Å². The van der Waals surface area contributed by atoms with Crippen molar-refractivity contribution in [3.8, 4) is 5.75 Å². The summed E-state index contributed by atoms with van der Waals surface area (Å²) in [5.41, 5.74) is 1.59. The Morgan fingerprint density at radius 1 is 1.03 bits per heavy atom. The summed E-state index contributed by atoms with van der Waals surface area (Å²) in [6.45, 7) is 1.39. The zero-order valence-electron chi connectivity index (χ0n) is 16.8. The molecule has 3 rings (SSSR count). The zero-order chi connectivity index (χ0) is 22.6. The van der Waals surface area contributed by atoms with Gasteiger partial charge in [-0.3, -0.25) is 9.10 Å². The molecule has 1 amide bonds. The normalized spacial score (nSPS) is 11.1. The monoisotopic (exact) mass is 478 g/mol. The average molecular weight is 479 g/mol. The fraction of sp³-hybridized carbons (Fsp3) is 0.136. The lowest BCUT2D eigenvalue weighted by molar-refractivity contribution is -0.114. The summed E-state index contributed by atoms with van der Waals surface area (Å²) in [5.74, 6) is -0.0146. The van der Waals surface area contributed by atoms with E-state index < -0.39 is 22.5 Å². The molecule has 0 unspecified atom stereocenters. The molecule has 3 aromatic carbocycles. The number of carbonyl (C=O) groups is 1. The molecule has 0 heterocycles. The third-order valence-corrected chi connectivity index (χ3v) is 6.92. The van der Waals surface area contributed by atoms with Crippen molar-refractivity contribution in [2.45, 2.75) is 11.8 Å². The van der Waals surface area contributed by atoms with Gasteiger partial charge in [0.05, 0.1) is 17.7 Å². The molecule has 31 heavy (non-hydrogen) atoms. The summed E-state index contributed by atoms with van der Waals surface area (Å²) < 4.78 is 32.8. The van der Waals surface area contributed by atoms with E-state index in [1.165, 1.54) is 37.4 Å². The number of anilines is 2. The number of ether oxygens (including phenoxy) is 1. The summed E-state index contributed by atoms with van der Waals surface area (Å²) in [6.07, 6.45) is 0. The van der Waals surface area contributed by atoms with Crippen molar-refractivity contribution < 1.29 is 17.9 Å². The highest BCUT2D eigenvalue weighted by atomic mass is 35.5. The largest absolute Gasteiger partial charge is 0.497 e. The van der Waals surface area contributed by atoms with Crippen molar-refractivity contribution in [1.82, 2.24) is 0 Å². The predicted molar refractivity (Wildman–Crippen MR) is 124 cm³/mol. The van der Waals surface area contributed by atoms with Gasteiger partial charge in [-0.15, -0.1) is 0 Å². The summed E-state index contributed by atoms with van der Waals surface area (Å²) >= 11 is 12.2. The fourth-order valence-corrected chi connectivity index (χ4v) is 4.60. The van der Waals surface area contributed by atoms with Gasteiger partial charge in [0.25, 0.3) is 10.0 Å². The van der Waals surface area contributed by atoms with E-state index in [1.807, 2.05) is 6.92 Å². The zero-order valence-corrected chi connectivity index (χ0v) is 19.1.